The number of carbonyl (C=O) groups is 2. The molecular formula is C22H28F3N5O3. The molecule has 1 unspecified atom stereocenters. The van der Waals surface area contributed by atoms with E-state index >= 15 is 0 Å². The van der Waals surface area contributed by atoms with Crippen LogP contribution in [-0.2, 0) is 4.79 Å². The van der Waals surface area contributed by atoms with Gasteiger partial charge in [-0.2, -0.15) is 13.2 Å². The number of rotatable bonds is 4. The Morgan fingerprint density at radius 3 is 2.42 bits per heavy atom. The molecule has 1 atom stereocenters. The van der Waals surface area contributed by atoms with Crippen molar-refractivity contribution < 1.29 is 27.9 Å². The Morgan fingerprint density at radius 1 is 1.24 bits per heavy atom. The highest BCUT2D eigenvalue weighted by atomic mass is 19.4. The molecule has 1 saturated heterocycles. The maximum Gasteiger partial charge on any atom is 0.417 e. The highest BCUT2D eigenvalue weighted by molar-refractivity contribution is 6.06. The van der Waals surface area contributed by atoms with E-state index in [0.717, 1.165) is 18.5 Å². The van der Waals surface area contributed by atoms with Gasteiger partial charge in [0.15, 0.2) is 11.2 Å². The van der Waals surface area contributed by atoms with Gasteiger partial charge in [0.1, 0.15) is 11.6 Å². The van der Waals surface area contributed by atoms with Crippen LogP contribution in [0.1, 0.15) is 68.4 Å². The van der Waals surface area contributed by atoms with Crippen LogP contribution in [0, 0.1) is 5.41 Å². The first kappa shape index (κ1) is 23.5. The second-order valence-electron chi connectivity index (χ2n) is 10.1. The van der Waals surface area contributed by atoms with E-state index in [0.29, 0.717) is 17.1 Å². The van der Waals surface area contributed by atoms with E-state index in [1.807, 2.05) is 0 Å². The number of H-pyrrole nitrogens is 1. The van der Waals surface area contributed by atoms with Gasteiger partial charge in [-0.25, -0.2) is 9.97 Å². The third kappa shape index (κ3) is 4.55. The summed E-state index contributed by atoms with van der Waals surface area (Å²) in [5.74, 6) is -0.642. The van der Waals surface area contributed by atoms with Gasteiger partial charge in [-0.3, -0.25) is 9.59 Å². The van der Waals surface area contributed by atoms with Crippen molar-refractivity contribution in [2.24, 2.45) is 5.41 Å². The van der Waals surface area contributed by atoms with Gasteiger partial charge in [0.25, 0.3) is 5.91 Å². The van der Waals surface area contributed by atoms with Crippen molar-refractivity contribution in [1.29, 1.82) is 0 Å². The quantitative estimate of drug-likeness (QED) is 0.640. The number of aromatic amines is 1. The van der Waals surface area contributed by atoms with E-state index < -0.39 is 47.9 Å². The van der Waals surface area contributed by atoms with Crippen LogP contribution in [0.15, 0.2) is 12.4 Å². The number of carbonyl (C=O) groups excluding carboxylic acids is 2. The van der Waals surface area contributed by atoms with Gasteiger partial charge in [-0.1, -0.05) is 20.8 Å². The summed E-state index contributed by atoms with van der Waals surface area (Å²) in [5, 5.41) is 12.7. The Kier molecular flexibility index (Phi) is 5.66. The topological polar surface area (TPSA) is 111 Å². The van der Waals surface area contributed by atoms with Crippen molar-refractivity contribution in [3.05, 3.63) is 23.7 Å². The molecule has 1 aliphatic carbocycles. The number of aromatic nitrogens is 3. The van der Waals surface area contributed by atoms with Crippen LogP contribution >= 0.6 is 0 Å². The molecule has 33 heavy (non-hydrogen) atoms. The number of amides is 2. The standard InChI is InChI=1S/C22H28F3N5O3/c1-20(2,3)16(19(32)30-8-6-21(33,7-9-30)22(23,24)25)29-18(31)13-10-26-17-15(13)28-14(11-27-17)12-4-5-12/h10-12,16,33H,4-9H2,1-3H3,(H,26,27)(H,29,31). The average molecular weight is 467 g/mol. The molecule has 8 nitrogen and oxygen atoms in total. The molecule has 2 aliphatic rings. The molecule has 1 aliphatic heterocycles. The first-order chi connectivity index (χ1) is 15.3. The number of likely N-dealkylation sites (tertiary alicyclic amines) is 1. The summed E-state index contributed by atoms with van der Waals surface area (Å²) in [5.41, 5.74) is -1.54. The number of fused-ring (bicyclic) bond motifs is 1. The zero-order chi connectivity index (χ0) is 24.2. The summed E-state index contributed by atoms with van der Waals surface area (Å²) in [7, 11) is 0. The minimum absolute atomic E-state index is 0.249. The van der Waals surface area contributed by atoms with E-state index in [9.17, 15) is 27.9 Å². The molecule has 2 aromatic heterocycles. The van der Waals surface area contributed by atoms with Crippen molar-refractivity contribution in [3.8, 4) is 0 Å². The molecule has 0 aromatic carbocycles. The second-order valence-corrected chi connectivity index (χ2v) is 10.1. The summed E-state index contributed by atoms with van der Waals surface area (Å²) in [4.78, 5) is 39.5. The predicted molar refractivity (Wildman–Crippen MR) is 113 cm³/mol. The maximum absolute atomic E-state index is 13.2. The first-order valence-electron chi connectivity index (χ1n) is 11.0. The third-order valence-corrected chi connectivity index (χ3v) is 6.46. The lowest BCUT2D eigenvalue weighted by atomic mass is 9.84. The van der Waals surface area contributed by atoms with Crippen LogP contribution in [0.4, 0.5) is 13.2 Å². The zero-order valence-electron chi connectivity index (χ0n) is 18.8. The third-order valence-electron chi connectivity index (χ3n) is 6.46. The Balaban J connectivity index is 1.52. The molecule has 3 N–H and O–H groups in total. The predicted octanol–water partition coefficient (Wildman–Crippen LogP) is 2.90. The normalized spacial score (nSPS) is 20.0. The molecular weight excluding hydrogens is 439 g/mol. The monoisotopic (exact) mass is 467 g/mol. The number of halogens is 3. The zero-order valence-corrected chi connectivity index (χ0v) is 18.8. The average Bonchev–Trinajstić information content (AvgIpc) is 3.49. The van der Waals surface area contributed by atoms with Crippen LogP contribution < -0.4 is 5.32 Å². The van der Waals surface area contributed by atoms with Crippen molar-refractivity contribution in [3.63, 3.8) is 0 Å². The molecule has 0 radical (unpaired) electrons. The van der Waals surface area contributed by atoms with Gasteiger partial charge in [-0.15, -0.1) is 0 Å². The number of aliphatic hydroxyl groups is 1. The van der Waals surface area contributed by atoms with E-state index in [1.165, 1.54) is 11.1 Å². The van der Waals surface area contributed by atoms with Gasteiger partial charge in [0.2, 0.25) is 5.91 Å². The molecule has 3 heterocycles. The fourth-order valence-corrected chi connectivity index (χ4v) is 4.07. The number of alkyl halides is 3. The molecule has 2 aromatic rings. The summed E-state index contributed by atoms with van der Waals surface area (Å²) in [6.45, 7) is 4.81. The largest absolute Gasteiger partial charge is 0.417 e. The highest BCUT2D eigenvalue weighted by Crippen LogP contribution is 2.40. The maximum atomic E-state index is 13.2. The lowest BCUT2D eigenvalue weighted by Crippen LogP contribution is -2.59. The minimum Gasteiger partial charge on any atom is -0.380 e. The summed E-state index contributed by atoms with van der Waals surface area (Å²) in [6.07, 6.45) is -0.707. The molecule has 11 heteroatoms. The highest BCUT2D eigenvalue weighted by Gasteiger charge is 2.55. The molecule has 1 saturated carbocycles. The molecule has 0 bridgehead atoms. The van der Waals surface area contributed by atoms with E-state index in [4.69, 9.17) is 0 Å². The van der Waals surface area contributed by atoms with Gasteiger partial charge >= 0.3 is 6.18 Å². The van der Waals surface area contributed by atoms with Crippen LogP contribution in [0.2, 0.25) is 0 Å². The van der Waals surface area contributed by atoms with Crippen LogP contribution in [0.25, 0.3) is 11.2 Å². The van der Waals surface area contributed by atoms with Crippen molar-refractivity contribution in [1.82, 2.24) is 25.2 Å². The fourth-order valence-electron chi connectivity index (χ4n) is 4.07. The Labute approximate surface area is 189 Å². The first-order valence-corrected chi connectivity index (χ1v) is 11.0. The smallest absolute Gasteiger partial charge is 0.380 e. The van der Waals surface area contributed by atoms with Crippen LogP contribution in [0.3, 0.4) is 0 Å². The SMILES string of the molecule is CC(C)(C)C(NC(=O)c1c[nH]c2ncc(C3CC3)nc12)C(=O)N1CCC(O)(C(F)(F)F)CC1. The minimum atomic E-state index is -4.75. The summed E-state index contributed by atoms with van der Waals surface area (Å²) < 4.78 is 39.3. The molecule has 2 fully saturated rings. The number of hydrogen-bond acceptors (Lipinski definition) is 5. The van der Waals surface area contributed by atoms with E-state index in [-0.39, 0.29) is 18.7 Å². The van der Waals surface area contributed by atoms with Gasteiger partial charge in [-0.05, 0) is 18.3 Å². The Morgan fingerprint density at radius 2 is 1.88 bits per heavy atom. The fraction of sp³-hybridized carbons (Fsp3) is 0.636. The molecule has 4 rings (SSSR count). The second kappa shape index (κ2) is 7.96. The summed E-state index contributed by atoms with van der Waals surface area (Å²) >= 11 is 0. The van der Waals surface area contributed by atoms with Crippen molar-refractivity contribution >= 4 is 23.0 Å². The molecule has 0 spiro atoms. The van der Waals surface area contributed by atoms with E-state index in [2.05, 4.69) is 20.3 Å². The lowest BCUT2D eigenvalue weighted by Gasteiger charge is -2.41. The van der Waals surface area contributed by atoms with Crippen LogP contribution in [-0.4, -0.2) is 67.7 Å². The number of nitrogens with one attached hydrogen (secondary N) is 2. The van der Waals surface area contributed by atoms with Gasteiger partial charge in [0, 0.05) is 38.0 Å². The number of piperidine rings is 1. The van der Waals surface area contributed by atoms with Crippen molar-refractivity contribution in [2.45, 2.75) is 70.2 Å². The molecule has 180 valence electrons. The van der Waals surface area contributed by atoms with Gasteiger partial charge in [0.05, 0.1) is 17.5 Å². The Bertz CT molecular complexity index is 1060. The summed E-state index contributed by atoms with van der Waals surface area (Å²) in [6, 6.07) is -0.980. The van der Waals surface area contributed by atoms with Crippen LogP contribution in [0.5, 0.6) is 0 Å². The van der Waals surface area contributed by atoms with Crippen molar-refractivity contribution in [2.75, 3.05) is 13.1 Å². The Hall–Kier alpha value is -2.69. The van der Waals surface area contributed by atoms with Gasteiger partial charge < -0.3 is 20.3 Å². The number of hydrogen-bond donors (Lipinski definition) is 3. The number of nitrogens with zero attached hydrogens (tertiary/aromatic N) is 3. The lowest BCUT2D eigenvalue weighted by molar-refractivity contribution is -0.272. The van der Waals surface area contributed by atoms with E-state index in [1.54, 1.807) is 27.0 Å². The molecule has 2 amide bonds.